The average molecular weight is 410 g/mol. The van der Waals surface area contributed by atoms with Gasteiger partial charge in [-0.15, -0.1) is 0 Å². The number of aryl methyl sites for hydroxylation is 1. The third kappa shape index (κ3) is 3.56. The molecule has 0 aliphatic heterocycles. The Morgan fingerprint density at radius 2 is 2.00 bits per heavy atom. The van der Waals surface area contributed by atoms with Crippen LogP contribution >= 0.6 is 0 Å². The van der Waals surface area contributed by atoms with E-state index in [4.69, 9.17) is 14.4 Å². The van der Waals surface area contributed by atoms with Gasteiger partial charge in [-0.2, -0.15) is 0 Å². The van der Waals surface area contributed by atoms with Crippen LogP contribution in [0, 0.1) is 12.7 Å². The first-order valence-electron chi connectivity index (χ1n) is 9.76. The molecule has 156 valence electrons. The Bertz CT molecular complexity index is 1060. The molecule has 6 nitrogen and oxygen atoms in total. The predicted molar refractivity (Wildman–Crippen MR) is 110 cm³/mol. The van der Waals surface area contributed by atoms with Crippen LogP contribution in [0.3, 0.4) is 0 Å². The quantitative estimate of drug-likeness (QED) is 0.410. The van der Waals surface area contributed by atoms with Gasteiger partial charge in [-0.1, -0.05) is 34.6 Å². The molecule has 2 aliphatic rings. The summed E-state index contributed by atoms with van der Waals surface area (Å²) < 4.78 is 18.6. The summed E-state index contributed by atoms with van der Waals surface area (Å²) in [6.45, 7) is 2.04. The fourth-order valence-corrected chi connectivity index (χ4v) is 4.08. The normalized spacial score (nSPS) is 17.7. The minimum Gasteiger partial charge on any atom is -0.464 e. The lowest BCUT2D eigenvalue weighted by Gasteiger charge is -2.12. The molecule has 2 aliphatic carbocycles. The number of benzene rings is 2. The number of rotatable bonds is 6. The summed E-state index contributed by atoms with van der Waals surface area (Å²) in [5.41, 5.74) is 5.12. The second-order valence-corrected chi connectivity index (χ2v) is 7.67. The third-order valence-corrected chi connectivity index (χ3v) is 5.83. The predicted octanol–water partition coefficient (Wildman–Crippen LogP) is 4.01. The molecule has 0 N–H and O–H groups in total. The summed E-state index contributed by atoms with van der Waals surface area (Å²) in [7, 11) is 2.65. The van der Waals surface area contributed by atoms with Crippen molar-refractivity contribution in [3.8, 4) is 0 Å². The van der Waals surface area contributed by atoms with Gasteiger partial charge in [-0.05, 0) is 43.0 Å². The molecular formula is C23H23FN2O4. The zero-order valence-corrected chi connectivity index (χ0v) is 17.2. The van der Waals surface area contributed by atoms with Gasteiger partial charge in [0.25, 0.3) is 0 Å². The minimum atomic E-state index is -0.606. The summed E-state index contributed by atoms with van der Waals surface area (Å²) in [6.07, 6.45) is 2.93. The lowest BCUT2D eigenvalue weighted by Crippen LogP contribution is -2.20. The number of oxime groups is 2. The number of esters is 1. The van der Waals surface area contributed by atoms with Crippen LogP contribution in [0.25, 0.3) is 0 Å². The molecule has 0 amide bonds. The largest absolute Gasteiger partial charge is 0.464 e. The van der Waals surface area contributed by atoms with Crippen molar-refractivity contribution in [1.82, 2.24) is 0 Å². The van der Waals surface area contributed by atoms with E-state index in [2.05, 4.69) is 10.3 Å². The number of fused-ring (bicyclic) bond motifs is 2. The van der Waals surface area contributed by atoms with E-state index >= 15 is 0 Å². The van der Waals surface area contributed by atoms with E-state index < -0.39 is 5.97 Å². The molecule has 0 saturated heterocycles. The maximum Gasteiger partial charge on any atom is 0.360 e. The van der Waals surface area contributed by atoms with Crippen LogP contribution in [0.1, 0.15) is 47.1 Å². The molecule has 2 aromatic carbocycles. The van der Waals surface area contributed by atoms with Crippen LogP contribution in [-0.4, -0.2) is 31.6 Å². The minimum absolute atomic E-state index is 0.0557. The van der Waals surface area contributed by atoms with Crippen LogP contribution in [0.2, 0.25) is 0 Å². The molecule has 1 saturated carbocycles. The molecule has 30 heavy (non-hydrogen) atoms. The number of hydrogen-bond acceptors (Lipinski definition) is 6. The van der Waals surface area contributed by atoms with Crippen molar-refractivity contribution in [2.45, 2.75) is 38.2 Å². The van der Waals surface area contributed by atoms with E-state index in [1.165, 1.54) is 26.4 Å². The lowest BCUT2D eigenvalue weighted by atomic mass is 9.99. The average Bonchev–Trinajstić information content (AvgIpc) is 3.45. The Morgan fingerprint density at radius 1 is 1.20 bits per heavy atom. The number of halogens is 1. The number of carbonyl (C=O) groups excluding carboxylic acids is 1. The molecule has 0 aromatic heterocycles. The van der Waals surface area contributed by atoms with Gasteiger partial charge in [0.2, 0.25) is 0 Å². The Hall–Kier alpha value is -3.22. The number of nitrogens with zero attached hydrogens (tertiary/aromatic N) is 2. The van der Waals surface area contributed by atoms with Crippen molar-refractivity contribution >= 4 is 17.4 Å². The number of ether oxygens (including phenoxy) is 1. The van der Waals surface area contributed by atoms with Gasteiger partial charge < -0.3 is 14.4 Å². The number of methoxy groups -OCH3 is 1. The summed E-state index contributed by atoms with van der Waals surface area (Å²) in [5.74, 6) is -0.885. The molecule has 2 aromatic rings. The molecule has 1 fully saturated rings. The topological polar surface area (TPSA) is 69.5 Å². The molecule has 7 heteroatoms. The molecule has 4 rings (SSSR count). The van der Waals surface area contributed by atoms with Crippen molar-refractivity contribution in [3.63, 3.8) is 0 Å². The van der Waals surface area contributed by atoms with E-state index in [1.54, 1.807) is 6.07 Å². The fraction of sp³-hybridized carbons (Fsp3) is 0.348. The fourth-order valence-electron chi connectivity index (χ4n) is 4.08. The van der Waals surface area contributed by atoms with Crippen molar-refractivity contribution < 1.29 is 23.6 Å². The maximum atomic E-state index is 13.8. The summed E-state index contributed by atoms with van der Waals surface area (Å²) in [6, 6.07) is 10.4. The van der Waals surface area contributed by atoms with Crippen LogP contribution in [0.4, 0.5) is 4.39 Å². The SMILES string of the molecule is CO/N=C(/C(=O)OC)c1cccc(C)c1CO/N=C1\CC2(CC2)c2ccc(F)cc21. The van der Waals surface area contributed by atoms with Crippen molar-refractivity contribution in [2.24, 2.45) is 10.3 Å². The Balaban J connectivity index is 1.61. The molecule has 0 unspecified atom stereocenters. The van der Waals surface area contributed by atoms with Crippen molar-refractivity contribution in [2.75, 3.05) is 14.2 Å². The zero-order valence-electron chi connectivity index (χ0n) is 17.2. The van der Waals surface area contributed by atoms with E-state index in [0.29, 0.717) is 5.56 Å². The zero-order chi connectivity index (χ0) is 21.3. The number of carbonyl (C=O) groups is 1. The highest BCUT2D eigenvalue weighted by atomic mass is 19.1. The van der Waals surface area contributed by atoms with Crippen LogP contribution < -0.4 is 0 Å². The molecular weight excluding hydrogens is 387 g/mol. The molecule has 0 bridgehead atoms. The van der Waals surface area contributed by atoms with Gasteiger partial charge >= 0.3 is 5.97 Å². The Kier molecular flexibility index (Phi) is 5.28. The smallest absolute Gasteiger partial charge is 0.360 e. The van der Waals surface area contributed by atoms with Gasteiger partial charge in [-0.25, -0.2) is 9.18 Å². The van der Waals surface area contributed by atoms with Crippen LogP contribution in [0.5, 0.6) is 0 Å². The van der Waals surface area contributed by atoms with Crippen LogP contribution in [-0.2, 0) is 31.2 Å². The first-order valence-corrected chi connectivity index (χ1v) is 9.76. The summed E-state index contributed by atoms with van der Waals surface area (Å²) in [4.78, 5) is 22.7. The van der Waals surface area contributed by atoms with Gasteiger partial charge in [0.15, 0.2) is 5.71 Å². The Morgan fingerprint density at radius 3 is 2.70 bits per heavy atom. The van der Waals surface area contributed by atoms with Crippen molar-refractivity contribution in [1.29, 1.82) is 0 Å². The highest BCUT2D eigenvalue weighted by molar-refractivity contribution is 6.43. The highest BCUT2D eigenvalue weighted by Gasteiger charge is 2.51. The summed E-state index contributed by atoms with van der Waals surface area (Å²) >= 11 is 0. The van der Waals surface area contributed by atoms with Gasteiger partial charge in [-0.3, -0.25) is 0 Å². The second kappa shape index (κ2) is 7.89. The Labute approximate surface area is 174 Å². The third-order valence-electron chi connectivity index (χ3n) is 5.83. The maximum absolute atomic E-state index is 13.8. The monoisotopic (exact) mass is 410 g/mol. The number of hydrogen-bond donors (Lipinski definition) is 0. The molecule has 1 spiro atoms. The molecule has 0 heterocycles. The highest BCUT2D eigenvalue weighted by Crippen LogP contribution is 2.56. The molecule has 0 radical (unpaired) electrons. The van der Waals surface area contributed by atoms with Gasteiger partial charge in [0.05, 0.1) is 12.8 Å². The molecule has 0 atom stereocenters. The second-order valence-electron chi connectivity index (χ2n) is 7.67. The van der Waals surface area contributed by atoms with E-state index in [0.717, 1.165) is 47.2 Å². The van der Waals surface area contributed by atoms with Crippen molar-refractivity contribution in [3.05, 3.63) is 70.0 Å². The standard InChI is InChI=1S/C23H23FN2O4/c1-14-5-4-6-16(21(26-29-3)22(27)28-2)18(14)13-30-25-20-12-23(9-10-23)19-8-7-15(24)11-17(19)20/h4-8,11H,9-10,12-13H2,1-3H3/b25-20+,26-21+. The lowest BCUT2D eigenvalue weighted by molar-refractivity contribution is -0.132. The first kappa shape index (κ1) is 20.1. The van der Waals surface area contributed by atoms with Crippen LogP contribution in [0.15, 0.2) is 46.7 Å². The van der Waals surface area contributed by atoms with E-state index in [1.807, 2.05) is 25.1 Å². The van der Waals surface area contributed by atoms with Gasteiger partial charge in [0.1, 0.15) is 19.5 Å². The van der Waals surface area contributed by atoms with E-state index in [9.17, 15) is 9.18 Å². The summed E-state index contributed by atoms with van der Waals surface area (Å²) in [5, 5.41) is 8.18. The van der Waals surface area contributed by atoms with E-state index in [-0.39, 0.29) is 23.6 Å². The first-order chi connectivity index (χ1) is 14.5. The van der Waals surface area contributed by atoms with Gasteiger partial charge in [0, 0.05) is 28.5 Å².